The molecule has 0 amide bonds. The second-order valence-electron chi connectivity index (χ2n) is 8.38. The summed E-state index contributed by atoms with van der Waals surface area (Å²) in [5.41, 5.74) is -0.581. The van der Waals surface area contributed by atoms with Crippen molar-refractivity contribution in [2.75, 3.05) is 6.61 Å². The molecular formula is C24H22O14. The first-order valence-electron chi connectivity index (χ1n) is 11.0. The predicted molar refractivity (Wildman–Crippen MR) is 123 cm³/mol. The topological polar surface area (TPSA) is 234 Å². The number of phenols is 3. The number of fused-ring (bicyclic) bond motifs is 1. The van der Waals surface area contributed by atoms with Gasteiger partial charge in [0.05, 0.1) is 0 Å². The van der Waals surface area contributed by atoms with Crippen LogP contribution in [0.15, 0.2) is 45.6 Å². The van der Waals surface area contributed by atoms with Crippen molar-refractivity contribution in [1.29, 1.82) is 0 Å². The van der Waals surface area contributed by atoms with Crippen LogP contribution in [0.2, 0.25) is 0 Å². The average Bonchev–Trinajstić information content (AvgIpc) is 2.84. The summed E-state index contributed by atoms with van der Waals surface area (Å²) < 4.78 is 21.3. The van der Waals surface area contributed by atoms with Gasteiger partial charge in [0.25, 0.3) is 0 Å². The number of hydrogen-bond acceptors (Lipinski definition) is 13. The Morgan fingerprint density at radius 1 is 0.895 bits per heavy atom. The van der Waals surface area contributed by atoms with E-state index in [1.165, 1.54) is 18.2 Å². The molecule has 14 heteroatoms. The zero-order valence-corrected chi connectivity index (χ0v) is 19.3. The molecule has 0 bridgehead atoms. The van der Waals surface area contributed by atoms with Gasteiger partial charge in [0.1, 0.15) is 65.7 Å². The van der Waals surface area contributed by atoms with Gasteiger partial charge in [0.15, 0.2) is 16.9 Å². The molecule has 1 fully saturated rings. The van der Waals surface area contributed by atoms with Crippen LogP contribution in [0.3, 0.4) is 0 Å². The molecule has 14 nitrogen and oxygen atoms in total. The fraction of sp³-hybridized carbons (Fsp3) is 0.292. The lowest BCUT2D eigenvalue weighted by Crippen LogP contribution is -2.60. The molecule has 2 unspecified atom stereocenters. The molecular weight excluding hydrogens is 512 g/mol. The van der Waals surface area contributed by atoms with E-state index >= 15 is 0 Å². The van der Waals surface area contributed by atoms with Crippen LogP contribution in [-0.2, 0) is 19.1 Å². The Morgan fingerprint density at radius 2 is 1.63 bits per heavy atom. The van der Waals surface area contributed by atoms with E-state index in [0.29, 0.717) is 0 Å². The minimum absolute atomic E-state index is 0.0231. The van der Waals surface area contributed by atoms with Crippen LogP contribution in [0.5, 0.6) is 23.0 Å². The van der Waals surface area contributed by atoms with E-state index in [2.05, 4.69) is 0 Å². The number of aliphatic hydroxyl groups excluding tert-OH is 3. The number of carbonyl (C=O) groups is 2. The summed E-state index contributed by atoms with van der Waals surface area (Å²) in [5.74, 6) is -4.20. The lowest BCUT2D eigenvalue weighted by Gasteiger charge is -2.39. The molecule has 5 atom stereocenters. The van der Waals surface area contributed by atoms with Gasteiger partial charge in [0, 0.05) is 23.8 Å². The highest BCUT2D eigenvalue weighted by molar-refractivity contribution is 5.90. The summed E-state index contributed by atoms with van der Waals surface area (Å²) in [6.07, 6.45) is -9.39. The quantitative estimate of drug-likeness (QED) is 0.118. The van der Waals surface area contributed by atoms with Crippen LogP contribution in [0, 0.1) is 0 Å². The van der Waals surface area contributed by atoms with E-state index in [9.17, 15) is 45.0 Å². The molecule has 1 aliphatic heterocycles. The monoisotopic (exact) mass is 534 g/mol. The van der Waals surface area contributed by atoms with Crippen molar-refractivity contribution in [1.82, 2.24) is 0 Å². The second kappa shape index (κ2) is 10.5. The molecule has 2 heterocycles. The molecule has 0 radical (unpaired) electrons. The van der Waals surface area contributed by atoms with E-state index < -0.39 is 78.3 Å². The van der Waals surface area contributed by atoms with E-state index in [0.717, 1.165) is 18.2 Å². The van der Waals surface area contributed by atoms with Crippen molar-refractivity contribution < 1.29 is 64.0 Å². The summed E-state index contributed by atoms with van der Waals surface area (Å²) in [6.45, 7) is -0.669. The van der Waals surface area contributed by atoms with Crippen molar-refractivity contribution >= 4 is 22.9 Å². The largest absolute Gasteiger partial charge is 0.507 e. The van der Waals surface area contributed by atoms with Gasteiger partial charge in [-0.1, -0.05) is 0 Å². The zero-order chi connectivity index (χ0) is 27.7. The summed E-state index contributed by atoms with van der Waals surface area (Å²) in [5, 5.41) is 68.8. The summed E-state index contributed by atoms with van der Waals surface area (Å²) in [6, 6.07) is 6.97. The molecule has 0 saturated carbocycles. The number of carboxylic acids is 1. The van der Waals surface area contributed by atoms with E-state index in [1.807, 2.05) is 0 Å². The maximum Gasteiger partial charge on any atom is 0.317 e. The molecule has 2 aromatic carbocycles. The first kappa shape index (κ1) is 26.7. The maximum atomic E-state index is 12.6. The summed E-state index contributed by atoms with van der Waals surface area (Å²) >= 11 is 0. The predicted octanol–water partition coefficient (Wildman–Crippen LogP) is -0.219. The van der Waals surface area contributed by atoms with Gasteiger partial charge >= 0.3 is 11.9 Å². The van der Waals surface area contributed by atoms with Crippen molar-refractivity contribution in [3.8, 4) is 34.3 Å². The van der Waals surface area contributed by atoms with Crippen LogP contribution < -0.4 is 10.2 Å². The Kier molecular flexibility index (Phi) is 7.41. The number of phenolic OH excluding ortho intramolecular Hbond substituents is 3. The number of hydrogen-bond donors (Lipinski definition) is 7. The van der Waals surface area contributed by atoms with E-state index in [4.69, 9.17) is 23.7 Å². The molecule has 0 aliphatic carbocycles. The van der Waals surface area contributed by atoms with Crippen LogP contribution in [-0.4, -0.2) is 85.0 Å². The number of carbonyl (C=O) groups excluding carboxylic acids is 1. The number of aliphatic hydroxyl groups is 3. The number of esters is 1. The van der Waals surface area contributed by atoms with Crippen LogP contribution >= 0.6 is 0 Å². The molecule has 38 heavy (non-hydrogen) atoms. The number of rotatable bonds is 7. The van der Waals surface area contributed by atoms with Gasteiger partial charge in [-0.05, 0) is 18.2 Å². The van der Waals surface area contributed by atoms with Crippen LogP contribution in [0.4, 0.5) is 0 Å². The van der Waals surface area contributed by atoms with Gasteiger partial charge in [0.2, 0.25) is 6.29 Å². The zero-order valence-electron chi connectivity index (χ0n) is 19.3. The maximum absolute atomic E-state index is 12.6. The van der Waals surface area contributed by atoms with Crippen molar-refractivity contribution in [2.45, 2.75) is 37.1 Å². The molecule has 1 saturated heterocycles. The van der Waals surface area contributed by atoms with Crippen molar-refractivity contribution in [3.63, 3.8) is 0 Å². The van der Waals surface area contributed by atoms with E-state index in [-0.39, 0.29) is 28.0 Å². The van der Waals surface area contributed by atoms with Crippen molar-refractivity contribution in [2.24, 2.45) is 0 Å². The summed E-state index contributed by atoms with van der Waals surface area (Å²) in [4.78, 5) is 34.7. The first-order chi connectivity index (χ1) is 17.9. The summed E-state index contributed by atoms with van der Waals surface area (Å²) in [7, 11) is 0. The lowest BCUT2D eigenvalue weighted by molar-refractivity contribution is -0.278. The molecule has 4 rings (SSSR count). The van der Waals surface area contributed by atoms with Gasteiger partial charge < -0.3 is 54.4 Å². The first-order valence-corrected chi connectivity index (χ1v) is 11.0. The Morgan fingerprint density at radius 3 is 2.32 bits per heavy atom. The highest BCUT2D eigenvalue weighted by Crippen LogP contribution is 2.35. The number of aliphatic carboxylic acids is 1. The third kappa shape index (κ3) is 5.47. The fourth-order valence-corrected chi connectivity index (χ4v) is 3.77. The number of carboxylic acid groups (broad SMARTS) is 1. The molecule has 202 valence electrons. The molecule has 1 aliphatic rings. The van der Waals surface area contributed by atoms with Gasteiger partial charge in [-0.2, -0.15) is 0 Å². The van der Waals surface area contributed by atoms with Gasteiger partial charge in [-0.3, -0.25) is 14.4 Å². The number of aromatic hydroxyl groups is 3. The Hall–Kier alpha value is -4.37. The Bertz CT molecular complexity index is 1430. The number of benzene rings is 2. The molecule has 1 aromatic heterocycles. The van der Waals surface area contributed by atoms with Crippen LogP contribution in [0.25, 0.3) is 22.3 Å². The Labute approximate surface area is 212 Å². The Balaban J connectivity index is 1.60. The fourth-order valence-electron chi connectivity index (χ4n) is 3.77. The van der Waals surface area contributed by atoms with Gasteiger partial charge in [-0.25, -0.2) is 0 Å². The average molecular weight is 534 g/mol. The minimum Gasteiger partial charge on any atom is -0.507 e. The molecule has 7 N–H and O–H groups in total. The standard InChI is InChI=1S/C24H22O14/c25-11-2-1-9(3-12(11)26)15-6-14(28)20-13(27)4-10(5-16(20)37-15)36-24-23(34)22(33)21(32)17(38-24)8-35-19(31)7-18(29)30/h1-6,17,21-27,32-34H,7-8H2,(H,29,30)/t17?,21-,22+,23?,24-/m1/s1. The minimum atomic E-state index is -1.82. The molecule has 3 aromatic rings. The second-order valence-corrected chi connectivity index (χ2v) is 8.38. The molecule has 0 spiro atoms. The normalized spacial score (nSPS) is 23.2. The SMILES string of the molecule is O=C(O)CC(=O)OCC1O[C@@H](Oc2cc(O)c3c(=O)cc(-c4ccc(O)c(O)c4)oc3c2)C(O)[C@@H](O)[C@@H]1O. The number of ether oxygens (including phenoxy) is 3. The van der Waals surface area contributed by atoms with Gasteiger partial charge in [-0.15, -0.1) is 0 Å². The third-order valence-electron chi connectivity index (χ3n) is 5.67. The highest BCUT2D eigenvalue weighted by atomic mass is 16.7. The highest BCUT2D eigenvalue weighted by Gasteiger charge is 2.45. The third-order valence-corrected chi connectivity index (χ3v) is 5.67. The van der Waals surface area contributed by atoms with Crippen molar-refractivity contribution in [3.05, 3.63) is 46.6 Å². The van der Waals surface area contributed by atoms with E-state index in [1.54, 1.807) is 0 Å². The smallest absolute Gasteiger partial charge is 0.317 e. The van der Waals surface area contributed by atoms with Crippen LogP contribution in [0.1, 0.15) is 6.42 Å². The lowest BCUT2D eigenvalue weighted by atomic mass is 9.99.